The molecule has 0 aliphatic rings. The second kappa shape index (κ2) is 5.05. The van der Waals surface area contributed by atoms with Crippen molar-refractivity contribution in [3.05, 3.63) is 41.1 Å². The van der Waals surface area contributed by atoms with Crippen LogP contribution >= 0.6 is 11.6 Å². The first kappa shape index (κ1) is 13.0. The Morgan fingerprint density at radius 3 is 2.78 bits per heavy atom. The lowest BCUT2D eigenvalue weighted by atomic mass is 10.4. The molecule has 6 nitrogen and oxygen atoms in total. The van der Waals surface area contributed by atoms with Crippen LogP contribution < -0.4 is 4.72 Å². The summed E-state index contributed by atoms with van der Waals surface area (Å²) in [5.74, 6) is 0.588. The minimum Gasteiger partial charge on any atom is -0.424 e. The standard InChI is InChI=1S/C10H10ClN3O3S/c1-7-13-14-10(17-7)6-12-18(15,16)9-4-2-3-8(11)5-9/h2-5,12H,6H2,1H3. The van der Waals surface area contributed by atoms with E-state index in [1.54, 1.807) is 19.1 Å². The van der Waals surface area contributed by atoms with Gasteiger partial charge in [-0.05, 0) is 18.2 Å². The van der Waals surface area contributed by atoms with E-state index in [2.05, 4.69) is 14.9 Å². The summed E-state index contributed by atoms with van der Waals surface area (Å²) in [6.45, 7) is 1.57. The lowest BCUT2D eigenvalue weighted by Crippen LogP contribution is -2.23. The molecular formula is C10H10ClN3O3S. The van der Waals surface area contributed by atoms with Crippen LogP contribution in [0.4, 0.5) is 0 Å². The van der Waals surface area contributed by atoms with E-state index in [0.717, 1.165) is 0 Å². The number of aromatic nitrogens is 2. The number of benzene rings is 1. The summed E-state index contributed by atoms with van der Waals surface area (Å²) >= 11 is 5.74. The van der Waals surface area contributed by atoms with E-state index < -0.39 is 10.0 Å². The van der Waals surface area contributed by atoms with Crippen molar-refractivity contribution in [1.82, 2.24) is 14.9 Å². The Balaban J connectivity index is 2.13. The minimum absolute atomic E-state index is 0.0598. The molecule has 0 amide bonds. The molecule has 96 valence electrons. The number of halogens is 1. The predicted molar refractivity (Wildman–Crippen MR) is 64.5 cm³/mol. The fourth-order valence-electron chi connectivity index (χ4n) is 1.28. The van der Waals surface area contributed by atoms with Gasteiger partial charge in [-0.2, -0.15) is 0 Å². The van der Waals surface area contributed by atoms with E-state index in [1.807, 2.05) is 0 Å². The summed E-state index contributed by atoms with van der Waals surface area (Å²) in [7, 11) is -3.63. The lowest BCUT2D eigenvalue weighted by molar-refractivity contribution is 0.460. The average Bonchev–Trinajstić information content (AvgIpc) is 2.73. The predicted octanol–water partition coefficient (Wildman–Crippen LogP) is 1.51. The summed E-state index contributed by atoms with van der Waals surface area (Å²) in [6, 6.07) is 5.98. The zero-order valence-electron chi connectivity index (χ0n) is 9.42. The van der Waals surface area contributed by atoms with Crippen molar-refractivity contribution < 1.29 is 12.8 Å². The maximum absolute atomic E-state index is 11.9. The number of nitrogens with zero attached hydrogens (tertiary/aromatic N) is 2. The van der Waals surface area contributed by atoms with E-state index in [4.69, 9.17) is 16.0 Å². The lowest BCUT2D eigenvalue weighted by Gasteiger charge is -2.04. The Morgan fingerprint density at radius 1 is 1.39 bits per heavy atom. The van der Waals surface area contributed by atoms with Gasteiger partial charge in [-0.3, -0.25) is 0 Å². The summed E-state index contributed by atoms with van der Waals surface area (Å²) in [6.07, 6.45) is 0. The molecule has 0 bridgehead atoms. The Kier molecular flexibility index (Phi) is 3.65. The highest BCUT2D eigenvalue weighted by molar-refractivity contribution is 7.89. The molecule has 0 atom stereocenters. The van der Waals surface area contributed by atoms with Gasteiger partial charge in [-0.1, -0.05) is 17.7 Å². The summed E-state index contributed by atoms with van der Waals surface area (Å²) in [4.78, 5) is 0.0891. The van der Waals surface area contributed by atoms with Crippen LogP contribution in [0.2, 0.25) is 5.02 Å². The van der Waals surface area contributed by atoms with Crippen molar-refractivity contribution in [2.24, 2.45) is 0 Å². The van der Waals surface area contributed by atoms with E-state index >= 15 is 0 Å². The topological polar surface area (TPSA) is 85.1 Å². The Bertz CT molecular complexity index is 654. The van der Waals surface area contributed by atoms with Gasteiger partial charge in [0.05, 0.1) is 11.4 Å². The highest BCUT2D eigenvalue weighted by Crippen LogP contribution is 2.15. The van der Waals surface area contributed by atoms with Gasteiger partial charge in [0.15, 0.2) is 0 Å². The van der Waals surface area contributed by atoms with Gasteiger partial charge in [0.25, 0.3) is 0 Å². The zero-order valence-corrected chi connectivity index (χ0v) is 11.0. The molecule has 1 aromatic carbocycles. The smallest absolute Gasteiger partial charge is 0.241 e. The van der Waals surface area contributed by atoms with Crippen LogP contribution in [0.15, 0.2) is 33.6 Å². The first-order chi connectivity index (χ1) is 8.47. The van der Waals surface area contributed by atoms with E-state index in [-0.39, 0.29) is 17.3 Å². The van der Waals surface area contributed by atoms with Gasteiger partial charge < -0.3 is 4.42 Å². The summed E-state index contributed by atoms with van der Waals surface area (Å²) < 4.78 is 31.2. The summed E-state index contributed by atoms with van der Waals surface area (Å²) in [5.41, 5.74) is 0. The Morgan fingerprint density at radius 2 is 2.17 bits per heavy atom. The molecule has 8 heteroatoms. The van der Waals surface area contributed by atoms with Crippen LogP contribution in [-0.4, -0.2) is 18.6 Å². The van der Waals surface area contributed by atoms with Crippen LogP contribution in [0.5, 0.6) is 0 Å². The van der Waals surface area contributed by atoms with Gasteiger partial charge in [0.1, 0.15) is 0 Å². The van der Waals surface area contributed by atoms with Crippen LogP contribution in [0.1, 0.15) is 11.8 Å². The van der Waals surface area contributed by atoms with Crippen LogP contribution in [0.3, 0.4) is 0 Å². The second-order valence-corrected chi connectivity index (χ2v) is 5.70. The van der Waals surface area contributed by atoms with Gasteiger partial charge in [-0.15, -0.1) is 10.2 Å². The SMILES string of the molecule is Cc1nnc(CNS(=O)(=O)c2cccc(Cl)c2)o1. The van der Waals surface area contributed by atoms with Gasteiger partial charge in [0, 0.05) is 11.9 Å². The molecule has 1 aromatic heterocycles. The zero-order chi connectivity index (χ0) is 13.2. The highest BCUT2D eigenvalue weighted by Gasteiger charge is 2.15. The molecule has 0 radical (unpaired) electrons. The van der Waals surface area contributed by atoms with E-state index in [0.29, 0.717) is 10.9 Å². The molecule has 2 rings (SSSR count). The third-order valence-corrected chi connectivity index (χ3v) is 3.72. The molecule has 1 N–H and O–H groups in total. The molecule has 2 aromatic rings. The van der Waals surface area contributed by atoms with Gasteiger partial charge in [0.2, 0.25) is 21.8 Å². The van der Waals surface area contributed by atoms with Gasteiger partial charge in [-0.25, -0.2) is 13.1 Å². The minimum atomic E-state index is -3.63. The molecule has 0 unspecified atom stereocenters. The van der Waals surface area contributed by atoms with Crippen molar-refractivity contribution in [2.45, 2.75) is 18.4 Å². The average molecular weight is 288 g/mol. The number of sulfonamides is 1. The normalized spacial score (nSPS) is 11.7. The quantitative estimate of drug-likeness (QED) is 0.921. The van der Waals surface area contributed by atoms with Gasteiger partial charge >= 0.3 is 0 Å². The number of aryl methyl sites for hydroxylation is 1. The van der Waals surface area contributed by atoms with Crippen molar-refractivity contribution in [2.75, 3.05) is 0 Å². The third-order valence-electron chi connectivity index (χ3n) is 2.09. The molecule has 0 aliphatic carbocycles. The van der Waals surface area contributed by atoms with E-state index in [9.17, 15) is 8.42 Å². The van der Waals surface area contributed by atoms with Crippen molar-refractivity contribution in [3.8, 4) is 0 Å². The number of nitrogens with one attached hydrogen (secondary N) is 1. The highest BCUT2D eigenvalue weighted by atomic mass is 35.5. The molecule has 0 fully saturated rings. The van der Waals surface area contributed by atoms with Crippen LogP contribution in [0, 0.1) is 6.92 Å². The molecule has 18 heavy (non-hydrogen) atoms. The molecule has 0 aliphatic heterocycles. The van der Waals surface area contributed by atoms with Crippen molar-refractivity contribution >= 4 is 21.6 Å². The largest absolute Gasteiger partial charge is 0.424 e. The molecule has 0 spiro atoms. The fraction of sp³-hybridized carbons (Fsp3) is 0.200. The molecule has 0 saturated heterocycles. The number of rotatable bonds is 4. The van der Waals surface area contributed by atoms with E-state index in [1.165, 1.54) is 12.1 Å². The van der Waals surface area contributed by atoms with Crippen LogP contribution in [-0.2, 0) is 16.6 Å². The van der Waals surface area contributed by atoms with Crippen LogP contribution in [0.25, 0.3) is 0 Å². The molecule has 1 heterocycles. The monoisotopic (exact) mass is 287 g/mol. The third kappa shape index (κ3) is 3.06. The fourth-order valence-corrected chi connectivity index (χ4v) is 2.56. The first-order valence-corrected chi connectivity index (χ1v) is 6.88. The van der Waals surface area contributed by atoms with Crippen molar-refractivity contribution in [1.29, 1.82) is 0 Å². The Hall–Kier alpha value is -1.44. The number of hydrogen-bond donors (Lipinski definition) is 1. The molecular weight excluding hydrogens is 278 g/mol. The first-order valence-electron chi connectivity index (χ1n) is 5.01. The maximum Gasteiger partial charge on any atom is 0.241 e. The summed E-state index contributed by atoms with van der Waals surface area (Å²) in [5, 5.41) is 7.65. The van der Waals surface area contributed by atoms with Crippen molar-refractivity contribution in [3.63, 3.8) is 0 Å². The molecule has 0 saturated carbocycles. The number of hydrogen-bond acceptors (Lipinski definition) is 5. The second-order valence-electron chi connectivity index (χ2n) is 3.50. The maximum atomic E-state index is 11.9. The Labute approximate surface area is 109 Å².